The quantitative estimate of drug-likeness (QED) is 0.379. The Balaban J connectivity index is 0.000000720. The van der Waals surface area contributed by atoms with E-state index in [2.05, 4.69) is 25.3 Å². The minimum atomic E-state index is -4.32. The molecule has 0 aliphatic rings. The molecule has 31 heavy (non-hydrogen) atoms. The van der Waals surface area contributed by atoms with Crippen molar-refractivity contribution in [3.63, 3.8) is 0 Å². The van der Waals surface area contributed by atoms with Crippen LogP contribution in [0.1, 0.15) is 43.9 Å². The lowest BCUT2D eigenvalue weighted by molar-refractivity contribution is -0.137. The van der Waals surface area contributed by atoms with E-state index in [9.17, 15) is 13.2 Å². The lowest BCUT2D eigenvalue weighted by atomic mass is 10.1. The van der Waals surface area contributed by atoms with Gasteiger partial charge in [0.25, 0.3) is 0 Å². The normalized spacial score (nSPS) is 11.1. The van der Waals surface area contributed by atoms with Crippen LogP contribution >= 0.6 is 0 Å². The molecule has 0 aliphatic carbocycles. The summed E-state index contributed by atoms with van der Waals surface area (Å²) in [7, 11) is 1.96. The third-order valence-corrected chi connectivity index (χ3v) is 3.94. The van der Waals surface area contributed by atoms with E-state index < -0.39 is 11.7 Å². The van der Waals surface area contributed by atoms with Crippen LogP contribution in [0.4, 0.5) is 13.2 Å². The highest BCUT2D eigenvalue weighted by Gasteiger charge is 2.30. The molecule has 0 fully saturated rings. The number of rotatable bonds is 5. The maximum atomic E-state index is 12.7. The number of hydrogen-bond acceptors (Lipinski definition) is 2. The molecule has 0 amide bonds. The van der Waals surface area contributed by atoms with Crippen molar-refractivity contribution in [2.24, 2.45) is 0 Å². The average molecular weight is 432 g/mol. The van der Waals surface area contributed by atoms with Crippen molar-refractivity contribution in [1.29, 1.82) is 0 Å². The number of alkyl halides is 3. The number of hydrogen-bond donors (Lipinski definition) is 0. The molecule has 0 saturated carbocycles. The van der Waals surface area contributed by atoms with Gasteiger partial charge >= 0.3 is 6.18 Å². The van der Waals surface area contributed by atoms with E-state index >= 15 is 0 Å². The van der Waals surface area contributed by atoms with Crippen molar-refractivity contribution in [3.05, 3.63) is 90.2 Å². The van der Waals surface area contributed by atoms with Gasteiger partial charge in [-0.1, -0.05) is 68.8 Å². The standard InChI is InChI=1S/C20H18F3NO.C3H8.C3H6/c1-24(13-16-14-25-19-10-3-2-9-18(16)19)11-5-7-15-6-4-8-17(12-15)20(21,22)23;2*1-3-2/h2-10,12,14H,11,13H2,1H3;3H2,1-2H3;3H,1H2,2H3/b7-5+;;. The smallest absolute Gasteiger partial charge is 0.416 e. The van der Waals surface area contributed by atoms with Crippen LogP contribution in [0.5, 0.6) is 0 Å². The Morgan fingerprint density at radius 1 is 1.06 bits per heavy atom. The molecule has 1 aromatic heterocycles. The molecule has 5 heteroatoms. The summed E-state index contributed by atoms with van der Waals surface area (Å²) in [6.45, 7) is 10.8. The maximum Gasteiger partial charge on any atom is 0.416 e. The molecular weight excluding hydrogens is 399 g/mol. The molecule has 168 valence electrons. The molecule has 0 aliphatic heterocycles. The first-order valence-corrected chi connectivity index (χ1v) is 10.3. The van der Waals surface area contributed by atoms with Crippen molar-refractivity contribution in [2.45, 2.75) is 39.9 Å². The number of fused-ring (bicyclic) bond motifs is 1. The van der Waals surface area contributed by atoms with Gasteiger partial charge in [-0.25, -0.2) is 0 Å². The Hall–Kier alpha value is -2.79. The van der Waals surface area contributed by atoms with Crippen LogP contribution in [0, 0.1) is 0 Å². The summed E-state index contributed by atoms with van der Waals surface area (Å²) in [6, 6.07) is 13.1. The highest BCUT2D eigenvalue weighted by molar-refractivity contribution is 5.80. The van der Waals surface area contributed by atoms with Gasteiger partial charge in [0.15, 0.2) is 0 Å². The largest absolute Gasteiger partial charge is 0.464 e. The zero-order chi connectivity index (χ0) is 23.3. The fourth-order valence-corrected chi connectivity index (χ4v) is 2.70. The Kier molecular flexibility index (Phi) is 11.4. The molecule has 0 spiro atoms. The second-order valence-electron chi connectivity index (χ2n) is 7.09. The predicted molar refractivity (Wildman–Crippen MR) is 125 cm³/mol. The van der Waals surface area contributed by atoms with Crippen molar-refractivity contribution in [1.82, 2.24) is 4.90 Å². The zero-order valence-corrected chi connectivity index (χ0v) is 18.7. The molecule has 3 aromatic rings. The monoisotopic (exact) mass is 431 g/mol. The summed E-state index contributed by atoms with van der Waals surface area (Å²) in [5.74, 6) is 0. The predicted octanol–water partition coefficient (Wildman–Crippen LogP) is 8.21. The Morgan fingerprint density at radius 2 is 1.71 bits per heavy atom. The minimum absolute atomic E-state index is 0.539. The van der Waals surface area contributed by atoms with Crippen molar-refractivity contribution in [2.75, 3.05) is 13.6 Å². The van der Waals surface area contributed by atoms with Crippen LogP contribution in [0.3, 0.4) is 0 Å². The number of likely N-dealkylation sites (N-methyl/N-ethyl adjacent to an activating group) is 1. The highest BCUT2D eigenvalue weighted by atomic mass is 19.4. The molecule has 0 N–H and O–H groups in total. The summed E-state index contributed by atoms with van der Waals surface area (Å²) >= 11 is 0. The molecule has 0 radical (unpaired) electrons. The number of allylic oxidation sites excluding steroid dienone is 1. The van der Waals surface area contributed by atoms with E-state index in [-0.39, 0.29) is 0 Å². The van der Waals surface area contributed by atoms with E-state index in [1.807, 2.05) is 44.3 Å². The minimum Gasteiger partial charge on any atom is -0.464 e. The van der Waals surface area contributed by atoms with Gasteiger partial charge < -0.3 is 4.42 Å². The van der Waals surface area contributed by atoms with Crippen molar-refractivity contribution in [3.8, 4) is 0 Å². The topological polar surface area (TPSA) is 16.4 Å². The third-order valence-electron chi connectivity index (χ3n) is 3.94. The lowest BCUT2D eigenvalue weighted by Crippen LogP contribution is -2.17. The van der Waals surface area contributed by atoms with E-state index in [0.29, 0.717) is 18.7 Å². The summed E-state index contributed by atoms with van der Waals surface area (Å²) in [4.78, 5) is 2.07. The van der Waals surface area contributed by atoms with Gasteiger partial charge in [0.1, 0.15) is 5.58 Å². The summed E-state index contributed by atoms with van der Waals surface area (Å²) in [5.41, 5.74) is 1.85. The van der Waals surface area contributed by atoms with Crippen molar-refractivity contribution < 1.29 is 17.6 Å². The first-order valence-electron chi connectivity index (χ1n) is 10.3. The Morgan fingerprint density at radius 3 is 2.35 bits per heavy atom. The Bertz CT molecular complexity index is 941. The number of halogens is 3. The van der Waals surface area contributed by atoms with Crippen LogP contribution < -0.4 is 0 Å². The van der Waals surface area contributed by atoms with Crippen LogP contribution in [-0.4, -0.2) is 18.5 Å². The number of furan rings is 1. The van der Waals surface area contributed by atoms with Gasteiger partial charge in [-0.15, -0.1) is 6.58 Å². The lowest BCUT2D eigenvalue weighted by Gasteiger charge is -2.13. The number of benzene rings is 2. The van der Waals surface area contributed by atoms with Gasteiger partial charge in [0, 0.05) is 24.0 Å². The summed E-state index contributed by atoms with van der Waals surface area (Å²) < 4.78 is 43.7. The fraction of sp³-hybridized carbons (Fsp3) is 0.308. The van der Waals surface area contributed by atoms with E-state index in [4.69, 9.17) is 4.42 Å². The SMILES string of the molecule is C=CC.CCC.CN(C/C=C/c1cccc(C(F)(F)F)c1)Cc1coc2ccccc12. The molecule has 2 nitrogen and oxygen atoms in total. The van der Waals surface area contributed by atoms with Gasteiger partial charge in [-0.05, 0) is 37.7 Å². The van der Waals surface area contributed by atoms with Crippen LogP contribution in [-0.2, 0) is 12.7 Å². The molecule has 0 atom stereocenters. The summed E-state index contributed by atoms with van der Waals surface area (Å²) in [5, 5.41) is 1.08. The average Bonchev–Trinajstić information content (AvgIpc) is 3.12. The van der Waals surface area contributed by atoms with Gasteiger partial charge in [0.05, 0.1) is 11.8 Å². The zero-order valence-electron chi connectivity index (χ0n) is 18.7. The molecule has 2 aromatic carbocycles. The van der Waals surface area contributed by atoms with Crippen LogP contribution in [0.15, 0.2) is 77.9 Å². The second-order valence-corrected chi connectivity index (χ2v) is 7.09. The van der Waals surface area contributed by atoms with Crippen LogP contribution in [0.25, 0.3) is 17.0 Å². The molecular formula is C26H32F3NO. The van der Waals surface area contributed by atoms with E-state index in [0.717, 1.165) is 28.7 Å². The number of para-hydroxylation sites is 1. The fourth-order valence-electron chi connectivity index (χ4n) is 2.70. The Labute approximate surface area is 183 Å². The molecule has 0 saturated heterocycles. The molecule has 0 unspecified atom stereocenters. The van der Waals surface area contributed by atoms with E-state index in [1.165, 1.54) is 12.5 Å². The first-order chi connectivity index (χ1) is 14.8. The van der Waals surface area contributed by atoms with Gasteiger partial charge in [-0.3, -0.25) is 4.90 Å². The number of nitrogens with zero attached hydrogens (tertiary/aromatic N) is 1. The van der Waals surface area contributed by atoms with Crippen molar-refractivity contribution >= 4 is 17.0 Å². The van der Waals surface area contributed by atoms with E-state index in [1.54, 1.807) is 24.5 Å². The van der Waals surface area contributed by atoms with Crippen LogP contribution in [0.2, 0.25) is 0 Å². The second kappa shape index (κ2) is 13.5. The van der Waals surface area contributed by atoms with Gasteiger partial charge in [-0.2, -0.15) is 13.2 Å². The maximum absolute atomic E-state index is 12.7. The third kappa shape index (κ3) is 9.26. The van der Waals surface area contributed by atoms with Gasteiger partial charge in [0.2, 0.25) is 0 Å². The summed E-state index contributed by atoms with van der Waals surface area (Å²) in [6.07, 6.45) is 4.00. The molecule has 3 rings (SSSR count). The molecule has 1 heterocycles. The first kappa shape index (κ1) is 26.2. The molecule has 0 bridgehead atoms. The highest BCUT2D eigenvalue weighted by Crippen LogP contribution is 2.29.